The van der Waals surface area contributed by atoms with Crippen molar-refractivity contribution < 1.29 is 27.3 Å². The number of hydrogen-bond donors (Lipinski definition) is 2. The predicted octanol–water partition coefficient (Wildman–Crippen LogP) is 1.04. The van der Waals surface area contributed by atoms with Crippen molar-refractivity contribution in [2.75, 3.05) is 42.9 Å². The SMILES string of the molecule is O=C(C[NH+]1CCN(c2ccc(F)cc2)CC1)Nc1nnc(C(F)(F)F)s1. The maximum absolute atomic E-state index is 13.0. The van der Waals surface area contributed by atoms with Gasteiger partial charge in [-0.1, -0.05) is 11.3 Å². The first-order valence-electron chi connectivity index (χ1n) is 7.86. The quantitative estimate of drug-likeness (QED) is 0.766. The normalized spacial score (nSPS) is 15.9. The smallest absolute Gasteiger partial charge is 0.360 e. The molecule has 1 aliphatic heterocycles. The molecule has 2 aromatic rings. The van der Waals surface area contributed by atoms with Gasteiger partial charge in [0.1, 0.15) is 5.82 Å². The molecule has 0 atom stereocenters. The van der Waals surface area contributed by atoms with Gasteiger partial charge in [0.15, 0.2) is 6.54 Å². The molecule has 1 aromatic heterocycles. The molecule has 0 aliphatic carbocycles. The highest BCUT2D eigenvalue weighted by atomic mass is 32.1. The van der Waals surface area contributed by atoms with Crippen molar-refractivity contribution in [1.29, 1.82) is 0 Å². The first-order chi connectivity index (χ1) is 12.3. The average Bonchev–Trinajstić information content (AvgIpc) is 3.05. The number of aromatic nitrogens is 2. The zero-order valence-corrected chi connectivity index (χ0v) is 14.3. The van der Waals surface area contributed by atoms with Crippen molar-refractivity contribution in [3.63, 3.8) is 0 Å². The Kier molecular flexibility index (Phi) is 5.37. The number of alkyl halides is 3. The first-order valence-corrected chi connectivity index (χ1v) is 8.67. The third-order valence-electron chi connectivity index (χ3n) is 3.99. The minimum Gasteiger partial charge on any atom is -0.360 e. The number of quaternary nitrogens is 1. The van der Waals surface area contributed by atoms with Crippen LogP contribution in [-0.4, -0.2) is 48.8 Å². The van der Waals surface area contributed by atoms with Gasteiger partial charge in [-0.2, -0.15) is 13.2 Å². The van der Waals surface area contributed by atoms with Gasteiger partial charge in [-0.05, 0) is 24.3 Å². The van der Waals surface area contributed by atoms with Crippen LogP contribution in [0, 0.1) is 5.82 Å². The molecule has 1 fully saturated rings. The van der Waals surface area contributed by atoms with E-state index in [9.17, 15) is 22.4 Å². The van der Waals surface area contributed by atoms with E-state index in [1.165, 1.54) is 12.1 Å². The molecule has 1 aromatic carbocycles. The Morgan fingerprint density at radius 1 is 1.19 bits per heavy atom. The van der Waals surface area contributed by atoms with E-state index in [0.29, 0.717) is 37.5 Å². The van der Waals surface area contributed by atoms with Gasteiger partial charge in [-0.3, -0.25) is 10.1 Å². The van der Waals surface area contributed by atoms with Crippen LogP contribution in [0.5, 0.6) is 0 Å². The molecule has 0 spiro atoms. The molecule has 1 saturated heterocycles. The summed E-state index contributed by atoms with van der Waals surface area (Å²) in [4.78, 5) is 15.1. The van der Waals surface area contributed by atoms with Gasteiger partial charge in [-0.25, -0.2) is 4.39 Å². The van der Waals surface area contributed by atoms with E-state index in [1.807, 2.05) is 0 Å². The molecule has 0 unspecified atom stereocenters. The highest BCUT2D eigenvalue weighted by Crippen LogP contribution is 2.32. The van der Waals surface area contributed by atoms with E-state index in [1.54, 1.807) is 12.1 Å². The summed E-state index contributed by atoms with van der Waals surface area (Å²) in [6, 6.07) is 6.22. The minimum absolute atomic E-state index is 0.137. The zero-order valence-electron chi connectivity index (χ0n) is 13.5. The molecule has 0 saturated carbocycles. The topological polar surface area (TPSA) is 62.6 Å². The van der Waals surface area contributed by atoms with Crippen LogP contribution in [0.4, 0.5) is 28.4 Å². The Labute approximate surface area is 150 Å². The van der Waals surface area contributed by atoms with Crippen molar-refractivity contribution in [2.24, 2.45) is 0 Å². The zero-order chi connectivity index (χ0) is 18.7. The number of carbonyl (C=O) groups is 1. The van der Waals surface area contributed by atoms with Crippen molar-refractivity contribution in [3.8, 4) is 0 Å². The lowest BCUT2D eigenvalue weighted by atomic mass is 10.2. The van der Waals surface area contributed by atoms with Crippen LogP contribution in [-0.2, 0) is 11.0 Å². The highest BCUT2D eigenvalue weighted by molar-refractivity contribution is 7.15. The number of halogens is 4. The number of nitrogens with one attached hydrogen (secondary N) is 2. The Morgan fingerprint density at radius 2 is 1.85 bits per heavy atom. The van der Waals surface area contributed by atoms with E-state index < -0.39 is 17.1 Å². The van der Waals surface area contributed by atoms with E-state index in [4.69, 9.17) is 0 Å². The summed E-state index contributed by atoms with van der Waals surface area (Å²) in [5.41, 5.74) is 0.920. The van der Waals surface area contributed by atoms with E-state index in [2.05, 4.69) is 20.4 Å². The van der Waals surface area contributed by atoms with E-state index in [-0.39, 0.29) is 17.5 Å². The number of amides is 1. The lowest BCUT2D eigenvalue weighted by molar-refractivity contribution is -0.892. The molecule has 11 heteroatoms. The Morgan fingerprint density at radius 3 is 2.42 bits per heavy atom. The fraction of sp³-hybridized carbons (Fsp3) is 0.400. The van der Waals surface area contributed by atoms with Crippen molar-refractivity contribution in [2.45, 2.75) is 6.18 Å². The van der Waals surface area contributed by atoms with E-state index >= 15 is 0 Å². The predicted molar refractivity (Wildman–Crippen MR) is 87.7 cm³/mol. The number of rotatable bonds is 4. The Hall–Kier alpha value is -2.27. The molecule has 0 radical (unpaired) electrons. The number of piperazine rings is 1. The second kappa shape index (κ2) is 7.54. The van der Waals surface area contributed by atoms with E-state index in [0.717, 1.165) is 10.6 Å². The van der Waals surface area contributed by atoms with Crippen LogP contribution in [0.2, 0.25) is 0 Å². The molecular formula is C15H16F4N5OS+. The third kappa shape index (κ3) is 4.67. The fourth-order valence-electron chi connectivity index (χ4n) is 2.69. The van der Waals surface area contributed by atoms with Crippen molar-refractivity contribution >= 4 is 28.1 Å². The number of benzene rings is 1. The second-order valence-electron chi connectivity index (χ2n) is 5.85. The van der Waals surface area contributed by atoms with Crippen LogP contribution in [0.3, 0.4) is 0 Å². The van der Waals surface area contributed by atoms with Gasteiger partial charge in [0, 0.05) is 5.69 Å². The molecule has 1 amide bonds. The summed E-state index contributed by atoms with van der Waals surface area (Å²) in [5.74, 6) is -0.694. The molecule has 6 nitrogen and oxygen atoms in total. The van der Waals surface area contributed by atoms with Crippen LogP contribution in [0.15, 0.2) is 24.3 Å². The van der Waals surface area contributed by atoms with Gasteiger partial charge in [0.25, 0.3) is 5.91 Å². The fourth-order valence-corrected chi connectivity index (χ4v) is 3.32. The largest absolute Gasteiger partial charge is 0.445 e. The molecular weight excluding hydrogens is 374 g/mol. The van der Waals surface area contributed by atoms with Crippen LogP contribution >= 0.6 is 11.3 Å². The lowest BCUT2D eigenvalue weighted by Crippen LogP contribution is -3.15. The summed E-state index contributed by atoms with van der Waals surface area (Å²) in [7, 11) is 0. The Balaban J connectivity index is 1.47. The molecule has 1 aliphatic rings. The number of nitrogens with zero attached hydrogens (tertiary/aromatic N) is 3. The maximum Gasteiger partial charge on any atom is 0.445 e. The van der Waals surface area contributed by atoms with Gasteiger partial charge < -0.3 is 9.80 Å². The van der Waals surface area contributed by atoms with Crippen LogP contribution < -0.4 is 15.1 Å². The second-order valence-corrected chi connectivity index (χ2v) is 6.83. The molecule has 26 heavy (non-hydrogen) atoms. The van der Waals surface area contributed by atoms with Gasteiger partial charge in [0.2, 0.25) is 10.1 Å². The van der Waals surface area contributed by atoms with Gasteiger partial charge in [0.05, 0.1) is 26.2 Å². The highest BCUT2D eigenvalue weighted by Gasteiger charge is 2.36. The molecule has 0 bridgehead atoms. The third-order valence-corrected chi connectivity index (χ3v) is 4.87. The number of carbonyl (C=O) groups excluding carboxylic acids is 1. The van der Waals surface area contributed by atoms with Crippen LogP contribution in [0.25, 0.3) is 0 Å². The van der Waals surface area contributed by atoms with Gasteiger partial charge >= 0.3 is 6.18 Å². The lowest BCUT2D eigenvalue weighted by Gasteiger charge is -2.33. The monoisotopic (exact) mass is 390 g/mol. The summed E-state index contributed by atoms with van der Waals surface area (Å²) in [5, 5.41) is 7.48. The summed E-state index contributed by atoms with van der Waals surface area (Å²) >= 11 is 0.302. The summed E-state index contributed by atoms with van der Waals surface area (Å²) < 4.78 is 50.4. The Bertz CT molecular complexity index is 756. The summed E-state index contributed by atoms with van der Waals surface area (Å²) in [6.45, 7) is 2.91. The maximum atomic E-state index is 13.0. The first kappa shape index (κ1) is 18.5. The number of hydrogen-bond acceptors (Lipinski definition) is 5. The standard InChI is InChI=1S/C15H15F4N5OS/c16-10-1-3-11(4-2-10)24-7-5-23(6-8-24)9-12(25)20-14-22-21-13(26-14)15(17,18)19/h1-4H,5-9H2,(H,20,22,25)/p+1. The minimum atomic E-state index is -4.57. The van der Waals surface area contributed by atoms with Crippen LogP contribution in [0.1, 0.15) is 5.01 Å². The average molecular weight is 390 g/mol. The molecule has 2 heterocycles. The van der Waals surface area contributed by atoms with Crippen molar-refractivity contribution in [1.82, 2.24) is 10.2 Å². The van der Waals surface area contributed by atoms with Crippen molar-refractivity contribution in [3.05, 3.63) is 35.1 Å². The molecule has 2 N–H and O–H groups in total. The molecule has 3 rings (SSSR count). The summed E-state index contributed by atoms with van der Waals surface area (Å²) in [6.07, 6.45) is -4.57. The van der Waals surface area contributed by atoms with Gasteiger partial charge in [-0.15, -0.1) is 10.2 Å². The molecule has 140 valence electrons. The number of anilines is 2.